The Hall–Kier alpha value is -1.33. The average Bonchev–Trinajstić information content (AvgIpc) is 2.26. The molecule has 88 valence electrons. The summed E-state index contributed by atoms with van der Waals surface area (Å²) in [6.07, 6.45) is -3.62. The molecule has 6 heteroatoms. The third kappa shape index (κ3) is 2.10. The molecule has 1 N–H and O–H groups in total. The number of nitrogens with zero attached hydrogens (tertiary/aromatic N) is 2. The lowest BCUT2D eigenvalue weighted by atomic mass is 9.86. The van der Waals surface area contributed by atoms with E-state index >= 15 is 0 Å². The van der Waals surface area contributed by atoms with E-state index in [1.807, 2.05) is 0 Å². The van der Waals surface area contributed by atoms with Gasteiger partial charge < -0.3 is 5.32 Å². The number of hydrogen-bond donors (Lipinski definition) is 1. The number of aromatic nitrogens is 2. The summed E-state index contributed by atoms with van der Waals surface area (Å²) >= 11 is 0. The fourth-order valence-electron chi connectivity index (χ4n) is 1.92. The van der Waals surface area contributed by atoms with Gasteiger partial charge in [-0.1, -0.05) is 0 Å². The van der Waals surface area contributed by atoms with E-state index in [0.29, 0.717) is 23.5 Å². The highest BCUT2D eigenvalue weighted by molar-refractivity contribution is 5.38. The molecule has 0 aromatic carbocycles. The van der Waals surface area contributed by atoms with Gasteiger partial charge in [-0.05, 0) is 30.9 Å². The molecular formula is C10H12F3N3. The maximum Gasteiger partial charge on any atom is 0.392 e. The van der Waals surface area contributed by atoms with E-state index in [2.05, 4.69) is 15.5 Å². The van der Waals surface area contributed by atoms with Gasteiger partial charge in [0.1, 0.15) is 5.82 Å². The molecule has 1 atom stereocenters. The van der Waals surface area contributed by atoms with Crippen LogP contribution in [0.4, 0.5) is 19.0 Å². The molecule has 0 saturated carbocycles. The highest BCUT2D eigenvalue weighted by Gasteiger charge is 2.41. The molecule has 1 heterocycles. The van der Waals surface area contributed by atoms with Gasteiger partial charge in [-0.25, -0.2) is 0 Å². The number of anilines is 1. The van der Waals surface area contributed by atoms with Crippen LogP contribution in [0.15, 0.2) is 6.07 Å². The number of nitrogens with one attached hydrogen (secondary N) is 1. The molecule has 3 nitrogen and oxygen atoms in total. The van der Waals surface area contributed by atoms with Crippen molar-refractivity contribution in [2.45, 2.75) is 25.4 Å². The minimum Gasteiger partial charge on any atom is -0.372 e. The Morgan fingerprint density at radius 2 is 2.12 bits per heavy atom. The Bertz CT molecular complexity index is 389. The van der Waals surface area contributed by atoms with Gasteiger partial charge in [0.15, 0.2) is 0 Å². The van der Waals surface area contributed by atoms with Gasteiger partial charge in [0, 0.05) is 7.05 Å². The zero-order valence-electron chi connectivity index (χ0n) is 8.80. The molecule has 0 amide bonds. The molecule has 1 unspecified atom stereocenters. The van der Waals surface area contributed by atoms with E-state index < -0.39 is 12.1 Å². The molecular weight excluding hydrogens is 219 g/mol. The first-order chi connectivity index (χ1) is 7.50. The summed E-state index contributed by atoms with van der Waals surface area (Å²) in [5.41, 5.74) is 1.35. The first-order valence-corrected chi connectivity index (χ1v) is 5.10. The van der Waals surface area contributed by atoms with Crippen molar-refractivity contribution in [2.75, 3.05) is 12.4 Å². The van der Waals surface area contributed by atoms with Crippen molar-refractivity contribution in [3.05, 3.63) is 17.3 Å². The van der Waals surface area contributed by atoms with E-state index in [0.717, 1.165) is 0 Å². The lowest BCUT2D eigenvalue weighted by molar-refractivity contribution is -0.177. The second-order valence-electron chi connectivity index (χ2n) is 3.93. The van der Waals surface area contributed by atoms with Crippen LogP contribution in [0.1, 0.15) is 17.7 Å². The van der Waals surface area contributed by atoms with Crippen molar-refractivity contribution in [1.29, 1.82) is 0 Å². The second-order valence-corrected chi connectivity index (χ2v) is 3.93. The number of halogens is 3. The van der Waals surface area contributed by atoms with Crippen LogP contribution >= 0.6 is 0 Å². The summed E-state index contributed by atoms with van der Waals surface area (Å²) in [4.78, 5) is 0. The first kappa shape index (κ1) is 11.2. The van der Waals surface area contributed by atoms with E-state index in [1.54, 1.807) is 13.1 Å². The number of fused-ring (bicyclic) bond motifs is 1. The van der Waals surface area contributed by atoms with Gasteiger partial charge in [0.05, 0.1) is 11.6 Å². The molecule has 16 heavy (non-hydrogen) atoms. The third-order valence-electron chi connectivity index (χ3n) is 2.88. The molecule has 1 aromatic rings. The standard InChI is InChI=1S/C10H12F3N3/c1-14-9-5-6-4-7(10(11,12)13)2-3-8(6)15-16-9/h5,7H,2-4H2,1H3,(H,14,16). The predicted octanol–water partition coefficient (Wildman–Crippen LogP) is 2.19. The normalized spacial score (nSPS) is 20.4. The Morgan fingerprint density at radius 3 is 2.75 bits per heavy atom. The summed E-state index contributed by atoms with van der Waals surface area (Å²) < 4.78 is 37.7. The van der Waals surface area contributed by atoms with Crippen LogP contribution in [0.2, 0.25) is 0 Å². The largest absolute Gasteiger partial charge is 0.392 e. The molecule has 2 rings (SSSR count). The van der Waals surface area contributed by atoms with Gasteiger partial charge >= 0.3 is 6.18 Å². The summed E-state index contributed by atoms with van der Waals surface area (Å²) in [5.74, 6) is -0.726. The van der Waals surface area contributed by atoms with Crippen LogP contribution in [0.25, 0.3) is 0 Å². The van der Waals surface area contributed by atoms with Gasteiger partial charge in [-0.2, -0.15) is 18.3 Å². The van der Waals surface area contributed by atoms with Crippen molar-refractivity contribution in [3.8, 4) is 0 Å². The van der Waals surface area contributed by atoms with Gasteiger partial charge in [0.25, 0.3) is 0 Å². The predicted molar refractivity (Wildman–Crippen MR) is 53.1 cm³/mol. The number of rotatable bonds is 1. The minimum absolute atomic E-state index is 0.0169. The van der Waals surface area contributed by atoms with E-state index in [9.17, 15) is 13.2 Å². The lowest BCUT2D eigenvalue weighted by Gasteiger charge is -2.25. The first-order valence-electron chi connectivity index (χ1n) is 5.10. The molecule has 0 spiro atoms. The van der Waals surface area contributed by atoms with Crippen LogP contribution in [0.3, 0.4) is 0 Å². The number of hydrogen-bond acceptors (Lipinski definition) is 3. The van der Waals surface area contributed by atoms with Gasteiger partial charge in [-0.3, -0.25) is 0 Å². The molecule has 0 radical (unpaired) electrons. The smallest absolute Gasteiger partial charge is 0.372 e. The molecule has 1 aliphatic carbocycles. The Balaban J connectivity index is 2.25. The van der Waals surface area contributed by atoms with Gasteiger partial charge in [0.2, 0.25) is 0 Å². The van der Waals surface area contributed by atoms with E-state index in [4.69, 9.17) is 0 Å². The van der Waals surface area contributed by atoms with Crippen LogP contribution in [0.5, 0.6) is 0 Å². The monoisotopic (exact) mass is 231 g/mol. The SMILES string of the molecule is CNc1cc2c(nn1)CCC(C(F)(F)F)C2. The topological polar surface area (TPSA) is 37.8 Å². The highest BCUT2D eigenvalue weighted by atomic mass is 19.4. The third-order valence-corrected chi connectivity index (χ3v) is 2.88. The van der Waals surface area contributed by atoms with Crippen LogP contribution in [-0.4, -0.2) is 23.4 Å². The quantitative estimate of drug-likeness (QED) is 0.805. The van der Waals surface area contributed by atoms with Crippen LogP contribution < -0.4 is 5.32 Å². The Morgan fingerprint density at radius 1 is 1.38 bits per heavy atom. The molecule has 0 bridgehead atoms. The molecule has 0 aliphatic heterocycles. The molecule has 0 saturated heterocycles. The molecule has 1 aliphatic rings. The van der Waals surface area contributed by atoms with Crippen molar-refractivity contribution < 1.29 is 13.2 Å². The fraction of sp³-hybridized carbons (Fsp3) is 0.600. The van der Waals surface area contributed by atoms with Crippen molar-refractivity contribution in [1.82, 2.24) is 10.2 Å². The lowest BCUT2D eigenvalue weighted by Crippen LogP contribution is -2.29. The highest BCUT2D eigenvalue weighted by Crippen LogP contribution is 2.36. The van der Waals surface area contributed by atoms with Crippen molar-refractivity contribution in [3.63, 3.8) is 0 Å². The average molecular weight is 231 g/mol. The van der Waals surface area contributed by atoms with Crippen LogP contribution in [0, 0.1) is 5.92 Å². The van der Waals surface area contributed by atoms with Crippen molar-refractivity contribution >= 4 is 5.82 Å². The zero-order valence-corrected chi connectivity index (χ0v) is 8.80. The maximum atomic E-state index is 12.6. The number of alkyl halides is 3. The van der Waals surface area contributed by atoms with E-state index in [1.165, 1.54) is 0 Å². The van der Waals surface area contributed by atoms with Gasteiger partial charge in [-0.15, -0.1) is 5.10 Å². The fourth-order valence-corrected chi connectivity index (χ4v) is 1.92. The second kappa shape index (κ2) is 3.92. The maximum absolute atomic E-state index is 12.6. The summed E-state index contributed by atoms with van der Waals surface area (Å²) in [6.45, 7) is 0. The number of aryl methyl sites for hydroxylation is 1. The Kier molecular flexibility index (Phi) is 2.73. The summed E-state index contributed by atoms with van der Waals surface area (Å²) in [7, 11) is 1.67. The Labute approximate surface area is 91.1 Å². The van der Waals surface area contributed by atoms with E-state index in [-0.39, 0.29) is 12.8 Å². The zero-order chi connectivity index (χ0) is 11.8. The molecule has 1 aromatic heterocycles. The van der Waals surface area contributed by atoms with Crippen molar-refractivity contribution in [2.24, 2.45) is 5.92 Å². The minimum atomic E-state index is -4.11. The molecule has 0 fully saturated rings. The summed E-state index contributed by atoms with van der Waals surface area (Å²) in [5, 5.41) is 10.6. The summed E-state index contributed by atoms with van der Waals surface area (Å²) in [6, 6.07) is 1.65. The van der Waals surface area contributed by atoms with Crippen LogP contribution in [-0.2, 0) is 12.8 Å².